The molecule has 0 fully saturated rings. The number of nitrogens with zero attached hydrogens (tertiary/aromatic N) is 6. The van der Waals surface area contributed by atoms with Crippen LogP contribution in [0.4, 0.5) is 0 Å². The molecule has 0 unspecified atom stereocenters. The predicted molar refractivity (Wildman–Crippen MR) is 238 cm³/mol. The standard InChI is InChI=1S/C52H32N6O/c1-4-16-33(17-5-1)37-29-28-36(32-42(37)51-53-43-24-12-15-27-46(43)59-51)57-44-25-13-10-22-38(44)40-30-31-41-39-23-11-14-26-45(39)58(48(41)47(40)57)52-55-49(34-18-6-2-7-19-34)54-50(56-52)35-20-8-3-9-21-35/h1-32H. The van der Waals surface area contributed by atoms with Crippen LogP contribution in [0.1, 0.15) is 0 Å². The first-order chi connectivity index (χ1) is 29.3. The topological polar surface area (TPSA) is 74.6 Å². The number of para-hydroxylation sites is 4. The molecule has 0 aliphatic carbocycles. The summed E-state index contributed by atoms with van der Waals surface area (Å²) in [6, 6.07) is 66.9. The smallest absolute Gasteiger partial charge is 0.238 e. The van der Waals surface area contributed by atoms with Crippen molar-refractivity contribution in [2.45, 2.75) is 0 Å². The van der Waals surface area contributed by atoms with Crippen LogP contribution in [0.3, 0.4) is 0 Å². The molecule has 0 amide bonds. The van der Waals surface area contributed by atoms with E-state index in [0.717, 1.165) is 88.2 Å². The molecule has 0 saturated carbocycles. The van der Waals surface area contributed by atoms with E-state index in [9.17, 15) is 0 Å². The van der Waals surface area contributed by atoms with Gasteiger partial charge in [0.05, 0.1) is 22.1 Å². The summed E-state index contributed by atoms with van der Waals surface area (Å²) in [5.74, 6) is 2.32. The van der Waals surface area contributed by atoms with Crippen molar-refractivity contribution in [2.24, 2.45) is 0 Å². The molecule has 0 spiro atoms. The Hall–Kier alpha value is -8.16. The highest BCUT2D eigenvalue weighted by atomic mass is 16.3. The van der Waals surface area contributed by atoms with Gasteiger partial charge in [0, 0.05) is 43.9 Å². The van der Waals surface area contributed by atoms with Gasteiger partial charge in [-0.25, -0.2) is 9.97 Å². The van der Waals surface area contributed by atoms with Crippen molar-refractivity contribution in [3.05, 3.63) is 194 Å². The van der Waals surface area contributed by atoms with Crippen LogP contribution in [0.15, 0.2) is 199 Å². The first-order valence-corrected chi connectivity index (χ1v) is 19.7. The van der Waals surface area contributed by atoms with E-state index in [1.54, 1.807) is 0 Å². The van der Waals surface area contributed by atoms with Gasteiger partial charge in [0.25, 0.3) is 0 Å². The van der Waals surface area contributed by atoms with Gasteiger partial charge in [0.15, 0.2) is 17.2 Å². The van der Waals surface area contributed by atoms with Gasteiger partial charge in [0.1, 0.15) is 5.52 Å². The Morgan fingerprint density at radius 3 is 1.53 bits per heavy atom. The van der Waals surface area contributed by atoms with Crippen molar-refractivity contribution in [1.82, 2.24) is 29.1 Å². The van der Waals surface area contributed by atoms with E-state index < -0.39 is 0 Å². The Morgan fingerprint density at radius 2 is 0.898 bits per heavy atom. The third-order valence-electron chi connectivity index (χ3n) is 11.2. The lowest BCUT2D eigenvalue weighted by atomic mass is 9.98. The van der Waals surface area contributed by atoms with Crippen molar-refractivity contribution in [3.8, 4) is 57.0 Å². The lowest BCUT2D eigenvalue weighted by Gasteiger charge is -2.15. The average molecular weight is 757 g/mol. The van der Waals surface area contributed by atoms with Crippen molar-refractivity contribution in [2.75, 3.05) is 0 Å². The highest BCUT2D eigenvalue weighted by Crippen LogP contribution is 2.43. The van der Waals surface area contributed by atoms with Crippen LogP contribution >= 0.6 is 0 Å². The normalized spacial score (nSPS) is 11.7. The predicted octanol–water partition coefficient (Wildman–Crippen LogP) is 12.9. The minimum absolute atomic E-state index is 0.541. The van der Waals surface area contributed by atoms with E-state index in [-0.39, 0.29) is 0 Å². The average Bonchev–Trinajstić information content (AvgIpc) is 4.00. The van der Waals surface area contributed by atoms with E-state index in [4.69, 9.17) is 24.4 Å². The molecular weight excluding hydrogens is 725 g/mol. The van der Waals surface area contributed by atoms with E-state index in [0.29, 0.717) is 23.5 Å². The molecular formula is C52H32N6O. The Balaban J connectivity index is 1.20. The Bertz CT molecular complexity index is 3460. The van der Waals surface area contributed by atoms with Gasteiger partial charge < -0.3 is 8.98 Å². The van der Waals surface area contributed by atoms with Gasteiger partial charge in [0.2, 0.25) is 11.8 Å². The van der Waals surface area contributed by atoms with Crippen LogP contribution in [0, 0.1) is 0 Å². The molecule has 0 aliphatic heterocycles. The largest absolute Gasteiger partial charge is 0.436 e. The van der Waals surface area contributed by atoms with Crippen LogP contribution in [0.2, 0.25) is 0 Å². The number of hydrogen-bond donors (Lipinski definition) is 0. The molecule has 0 atom stereocenters. The van der Waals surface area contributed by atoms with Gasteiger partial charge in [-0.2, -0.15) is 9.97 Å². The summed E-state index contributed by atoms with van der Waals surface area (Å²) in [4.78, 5) is 20.6. The van der Waals surface area contributed by atoms with Crippen molar-refractivity contribution >= 4 is 54.7 Å². The first kappa shape index (κ1) is 33.0. The zero-order valence-electron chi connectivity index (χ0n) is 31.6. The fourth-order valence-corrected chi connectivity index (χ4v) is 8.58. The quantitative estimate of drug-likeness (QED) is 0.169. The van der Waals surface area contributed by atoms with Crippen LogP contribution in [-0.2, 0) is 0 Å². The molecule has 0 saturated heterocycles. The number of fused-ring (bicyclic) bond motifs is 8. The van der Waals surface area contributed by atoms with Gasteiger partial charge in [-0.1, -0.05) is 158 Å². The van der Waals surface area contributed by atoms with Crippen LogP contribution in [0.25, 0.3) is 112 Å². The van der Waals surface area contributed by atoms with Crippen molar-refractivity contribution in [3.63, 3.8) is 0 Å². The molecule has 7 heteroatoms. The molecule has 0 bridgehead atoms. The van der Waals surface area contributed by atoms with Gasteiger partial charge >= 0.3 is 0 Å². The molecule has 12 aromatic rings. The monoisotopic (exact) mass is 756 g/mol. The fraction of sp³-hybridized carbons (Fsp3) is 0. The molecule has 7 nitrogen and oxygen atoms in total. The lowest BCUT2D eigenvalue weighted by molar-refractivity contribution is 0.620. The van der Waals surface area contributed by atoms with E-state index >= 15 is 0 Å². The summed E-state index contributed by atoms with van der Waals surface area (Å²) in [6.07, 6.45) is 0. The molecule has 0 radical (unpaired) electrons. The maximum atomic E-state index is 6.50. The van der Waals surface area contributed by atoms with Gasteiger partial charge in [-0.15, -0.1) is 0 Å². The minimum atomic E-state index is 0.541. The summed E-state index contributed by atoms with van der Waals surface area (Å²) in [5, 5.41) is 4.46. The lowest BCUT2D eigenvalue weighted by Crippen LogP contribution is -2.07. The zero-order chi connectivity index (χ0) is 38.9. The van der Waals surface area contributed by atoms with Crippen molar-refractivity contribution < 1.29 is 4.42 Å². The fourth-order valence-electron chi connectivity index (χ4n) is 8.58. The molecule has 12 rings (SSSR count). The summed E-state index contributed by atoms with van der Waals surface area (Å²) in [5.41, 5.74) is 11.5. The molecule has 276 valence electrons. The number of aromatic nitrogens is 6. The Kier molecular flexibility index (Phi) is 7.40. The highest BCUT2D eigenvalue weighted by molar-refractivity contribution is 6.23. The number of hydrogen-bond acceptors (Lipinski definition) is 5. The minimum Gasteiger partial charge on any atom is -0.436 e. The number of oxazole rings is 1. The molecule has 4 aromatic heterocycles. The van der Waals surface area contributed by atoms with Gasteiger partial charge in [-0.3, -0.25) is 4.57 Å². The SMILES string of the molecule is c1ccc(-c2nc(-c3ccccc3)nc(-n3c4ccccc4c4ccc5c6ccccc6n(-c6ccc(-c7ccccc7)c(-c7nc8ccccc8o7)c6)c5c43)n2)cc1. The number of rotatable bonds is 6. The summed E-state index contributed by atoms with van der Waals surface area (Å²) in [6.45, 7) is 0. The molecule has 0 aliphatic rings. The van der Waals surface area contributed by atoms with Crippen LogP contribution < -0.4 is 0 Å². The van der Waals surface area contributed by atoms with Crippen LogP contribution in [-0.4, -0.2) is 29.1 Å². The molecule has 4 heterocycles. The zero-order valence-corrected chi connectivity index (χ0v) is 31.6. The van der Waals surface area contributed by atoms with E-state index in [1.807, 2.05) is 91.0 Å². The van der Waals surface area contributed by atoms with Crippen LogP contribution in [0.5, 0.6) is 0 Å². The van der Waals surface area contributed by atoms with E-state index in [2.05, 4.69) is 112 Å². The summed E-state index contributed by atoms with van der Waals surface area (Å²) in [7, 11) is 0. The second kappa shape index (κ2) is 13.2. The first-order valence-electron chi connectivity index (χ1n) is 19.7. The van der Waals surface area contributed by atoms with Crippen molar-refractivity contribution in [1.29, 1.82) is 0 Å². The summed E-state index contributed by atoms with van der Waals surface area (Å²) < 4.78 is 11.1. The Morgan fingerprint density at radius 1 is 0.373 bits per heavy atom. The maximum absolute atomic E-state index is 6.50. The van der Waals surface area contributed by atoms with Gasteiger partial charge in [-0.05, 0) is 47.5 Å². The van der Waals surface area contributed by atoms with E-state index in [1.165, 1.54) is 0 Å². The third kappa shape index (κ3) is 5.29. The highest BCUT2D eigenvalue weighted by Gasteiger charge is 2.24. The third-order valence-corrected chi connectivity index (χ3v) is 11.2. The molecule has 8 aromatic carbocycles. The summed E-state index contributed by atoms with van der Waals surface area (Å²) >= 11 is 0. The number of benzene rings is 8. The maximum Gasteiger partial charge on any atom is 0.238 e. The molecule has 59 heavy (non-hydrogen) atoms. The molecule has 0 N–H and O–H groups in total. The second-order valence-electron chi connectivity index (χ2n) is 14.7. The second-order valence-corrected chi connectivity index (χ2v) is 14.7. The Labute approximate surface area is 338 Å².